The molecule has 2 amide bonds. The molecule has 1 atom stereocenters. The summed E-state index contributed by atoms with van der Waals surface area (Å²) in [5, 5.41) is 2.95. The molecule has 1 aromatic carbocycles. The van der Waals surface area contributed by atoms with E-state index in [9.17, 15) is 9.59 Å². The van der Waals surface area contributed by atoms with E-state index in [1.165, 1.54) is 5.56 Å². The van der Waals surface area contributed by atoms with E-state index in [0.717, 1.165) is 24.2 Å². The first-order chi connectivity index (χ1) is 10.9. The lowest BCUT2D eigenvalue weighted by molar-refractivity contribution is -0.126. The quantitative estimate of drug-likeness (QED) is 0.813. The highest BCUT2D eigenvalue weighted by atomic mass is 16.2. The van der Waals surface area contributed by atoms with E-state index in [0.29, 0.717) is 19.5 Å². The molecule has 1 heterocycles. The van der Waals surface area contributed by atoms with Crippen molar-refractivity contribution < 1.29 is 9.59 Å². The molecule has 1 N–H and O–H groups in total. The molecule has 0 unspecified atom stereocenters. The Labute approximate surface area is 138 Å². The minimum absolute atomic E-state index is 0.0107. The van der Waals surface area contributed by atoms with Gasteiger partial charge in [-0.05, 0) is 64.2 Å². The standard InChI is InChI=1S/C18H27N3O2/c1-13-6-7-16(10-14(13)2)21-12-15(11-17(21)22)18(23)19-8-5-9-20(3)4/h6-7,10,15H,5,8-9,11-12H2,1-4H3,(H,19,23)/t15-/m0/s1. The normalized spacial score (nSPS) is 17.9. The Morgan fingerprint density at radius 2 is 2.04 bits per heavy atom. The number of amides is 2. The summed E-state index contributed by atoms with van der Waals surface area (Å²) in [5.74, 6) is -0.228. The highest BCUT2D eigenvalue weighted by Gasteiger charge is 2.34. The first-order valence-corrected chi connectivity index (χ1v) is 8.18. The van der Waals surface area contributed by atoms with Crippen LogP contribution in [0.1, 0.15) is 24.0 Å². The highest BCUT2D eigenvalue weighted by molar-refractivity contribution is 6.00. The van der Waals surface area contributed by atoms with Gasteiger partial charge in [-0.25, -0.2) is 0 Å². The summed E-state index contributed by atoms with van der Waals surface area (Å²) in [4.78, 5) is 28.3. The molecule has 126 valence electrons. The van der Waals surface area contributed by atoms with Gasteiger partial charge in [0.25, 0.3) is 0 Å². The van der Waals surface area contributed by atoms with E-state index >= 15 is 0 Å². The van der Waals surface area contributed by atoms with Crippen LogP contribution < -0.4 is 10.2 Å². The monoisotopic (exact) mass is 317 g/mol. The molecule has 2 rings (SSSR count). The molecule has 1 aliphatic heterocycles. The SMILES string of the molecule is Cc1ccc(N2C[C@@H](C(=O)NCCCN(C)C)CC2=O)cc1C. The first kappa shape index (κ1) is 17.5. The summed E-state index contributed by atoms with van der Waals surface area (Å²) >= 11 is 0. The number of anilines is 1. The topological polar surface area (TPSA) is 52.7 Å². The van der Waals surface area contributed by atoms with E-state index in [1.807, 2.05) is 39.2 Å². The summed E-state index contributed by atoms with van der Waals surface area (Å²) in [6, 6.07) is 5.99. The predicted octanol–water partition coefficient (Wildman–Crippen LogP) is 1.72. The van der Waals surface area contributed by atoms with Crippen LogP contribution in [0.4, 0.5) is 5.69 Å². The zero-order chi connectivity index (χ0) is 17.0. The molecule has 0 saturated carbocycles. The molecular weight excluding hydrogens is 290 g/mol. The number of nitrogens with one attached hydrogen (secondary N) is 1. The number of hydrogen-bond donors (Lipinski definition) is 1. The van der Waals surface area contributed by atoms with Gasteiger partial charge < -0.3 is 15.1 Å². The van der Waals surface area contributed by atoms with Crippen molar-refractivity contribution in [3.05, 3.63) is 29.3 Å². The maximum Gasteiger partial charge on any atom is 0.227 e. The molecular formula is C18H27N3O2. The van der Waals surface area contributed by atoms with Gasteiger partial charge in [0, 0.05) is 25.2 Å². The number of carbonyl (C=O) groups excluding carboxylic acids is 2. The zero-order valence-corrected chi connectivity index (χ0v) is 14.6. The lowest BCUT2D eigenvalue weighted by atomic mass is 10.1. The van der Waals surface area contributed by atoms with Gasteiger partial charge >= 0.3 is 0 Å². The second kappa shape index (κ2) is 7.59. The summed E-state index contributed by atoms with van der Waals surface area (Å²) in [6.07, 6.45) is 1.21. The minimum atomic E-state index is -0.247. The van der Waals surface area contributed by atoms with Crippen LogP contribution >= 0.6 is 0 Å². The molecule has 0 aromatic heterocycles. The second-order valence-electron chi connectivity index (χ2n) is 6.62. The van der Waals surface area contributed by atoms with Gasteiger partial charge in [-0.3, -0.25) is 9.59 Å². The number of hydrogen-bond acceptors (Lipinski definition) is 3. The molecule has 5 heteroatoms. The molecule has 0 spiro atoms. The van der Waals surface area contributed by atoms with Gasteiger partial charge in [-0.2, -0.15) is 0 Å². The minimum Gasteiger partial charge on any atom is -0.356 e. The molecule has 1 aliphatic rings. The van der Waals surface area contributed by atoms with E-state index in [2.05, 4.69) is 17.1 Å². The molecule has 1 fully saturated rings. The Hall–Kier alpha value is -1.88. The fourth-order valence-electron chi connectivity index (χ4n) is 2.78. The smallest absolute Gasteiger partial charge is 0.227 e. The lowest BCUT2D eigenvalue weighted by Gasteiger charge is -2.18. The molecule has 5 nitrogen and oxygen atoms in total. The van der Waals surface area contributed by atoms with Crippen LogP contribution in [0.2, 0.25) is 0 Å². The van der Waals surface area contributed by atoms with Gasteiger partial charge in [0.2, 0.25) is 11.8 Å². The molecule has 0 bridgehead atoms. The largest absolute Gasteiger partial charge is 0.356 e. The van der Waals surface area contributed by atoms with Gasteiger partial charge in [0.05, 0.1) is 5.92 Å². The molecule has 23 heavy (non-hydrogen) atoms. The Morgan fingerprint density at radius 1 is 1.30 bits per heavy atom. The van der Waals surface area contributed by atoms with Crippen molar-refractivity contribution in [3.8, 4) is 0 Å². The van der Waals surface area contributed by atoms with Gasteiger partial charge in [-0.15, -0.1) is 0 Å². The first-order valence-electron chi connectivity index (χ1n) is 8.18. The van der Waals surface area contributed by atoms with E-state index in [1.54, 1.807) is 4.90 Å². The molecule has 1 saturated heterocycles. The van der Waals surface area contributed by atoms with Crippen molar-refractivity contribution in [3.63, 3.8) is 0 Å². The number of rotatable bonds is 6. The molecule has 0 radical (unpaired) electrons. The van der Waals surface area contributed by atoms with Crippen molar-refractivity contribution in [1.82, 2.24) is 10.2 Å². The van der Waals surface area contributed by atoms with Gasteiger partial charge in [0.15, 0.2) is 0 Å². The highest BCUT2D eigenvalue weighted by Crippen LogP contribution is 2.26. The van der Waals surface area contributed by atoms with Crippen molar-refractivity contribution in [2.24, 2.45) is 5.92 Å². The van der Waals surface area contributed by atoms with Crippen molar-refractivity contribution >= 4 is 17.5 Å². The summed E-state index contributed by atoms with van der Waals surface area (Å²) in [5.41, 5.74) is 3.25. The summed E-state index contributed by atoms with van der Waals surface area (Å²) in [7, 11) is 4.03. The van der Waals surface area contributed by atoms with Crippen LogP contribution in [-0.4, -0.2) is 50.4 Å². The predicted molar refractivity (Wildman–Crippen MR) is 92.6 cm³/mol. The van der Waals surface area contributed by atoms with Crippen LogP contribution in [-0.2, 0) is 9.59 Å². The fourth-order valence-corrected chi connectivity index (χ4v) is 2.78. The number of nitrogens with zero attached hydrogens (tertiary/aromatic N) is 2. The maximum atomic E-state index is 12.2. The van der Waals surface area contributed by atoms with Gasteiger partial charge in [0.1, 0.15) is 0 Å². The van der Waals surface area contributed by atoms with E-state index in [-0.39, 0.29) is 17.7 Å². The summed E-state index contributed by atoms with van der Waals surface area (Å²) < 4.78 is 0. The van der Waals surface area contributed by atoms with E-state index in [4.69, 9.17) is 0 Å². The Morgan fingerprint density at radius 3 is 2.70 bits per heavy atom. The Bertz CT molecular complexity index is 584. The average Bonchev–Trinajstić information content (AvgIpc) is 2.88. The number of aryl methyl sites for hydroxylation is 2. The zero-order valence-electron chi connectivity index (χ0n) is 14.6. The van der Waals surface area contributed by atoms with Crippen LogP contribution in [0.3, 0.4) is 0 Å². The van der Waals surface area contributed by atoms with Crippen LogP contribution in [0.15, 0.2) is 18.2 Å². The average molecular weight is 317 g/mol. The Kier molecular flexibility index (Phi) is 5.77. The maximum absolute atomic E-state index is 12.2. The van der Waals surface area contributed by atoms with Crippen molar-refractivity contribution in [2.45, 2.75) is 26.7 Å². The Balaban J connectivity index is 1.91. The third kappa shape index (κ3) is 4.55. The summed E-state index contributed by atoms with van der Waals surface area (Å²) in [6.45, 7) is 6.16. The fraction of sp³-hybridized carbons (Fsp3) is 0.556. The molecule has 0 aliphatic carbocycles. The lowest BCUT2D eigenvalue weighted by Crippen LogP contribution is -2.34. The van der Waals surface area contributed by atoms with Crippen molar-refractivity contribution in [1.29, 1.82) is 0 Å². The van der Waals surface area contributed by atoms with Crippen LogP contribution in [0, 0.1) is 19.8 Å². The number of carbonyl (C=O) groups is 2. The van der Waals surface area contributed by atoms with Crippen molar-refractivity contribution in [2.75, 3.05) is 38.6 Å². The van der Waals surface area contributed by atoms with Crippen LogP contribution in [0.25, 0.3) is 0 Å². The van der Waals surface area contributed by atoms with Crippen LogP contribution in [0.5, 0.6) is 0 Å². The second-order valence-corrected chi connectivity index (χ2v) is 6.62. The third-order valence-electron chi connectivity index (χ3n) is 4.38. The third-order valence-corrected chi connectivity index (χ3v) is 4.38. The van der Waals surface area contributed by atoms with E-state index < -0.39 is 0 Å². The molecule has 1 aromatic rings. The van der Waals surface area contributed by atoms with Gasteiger partial charge in [-0.1, -0.05) is 6.07 Å². The number of benzene rings is 1.